The first-order valence-corrected chi connectivity index (χ1v) is 22.8. The fourth-order valence-corrected chi connectivity index (χ4v) is 6.26. The zero-order chi connectivity index (χ0) is 40.5. The molecule has 0 aromatic carbocycles. The highest BCUT2D eigenvalue weighted by Gasteiger charge is 2.27. The van der Waals surface area contributed by atoms with Crippen LogP contribution in [0.1, 0.15) is 168 Å². The summed E-state index contributed by atoms with van der Waals surface area (Å²) < 4.78 is 32.7. The molecular weight excluding hydrogens is 719 g/mol. The van der Waals surface area contributed by atoms with E-state index in [1.165, 1.54) is 70.6 Å². The Balaban J connectivity index is 4.34. The number of unbranched alkanes of at least 4 members (excludes halogenated alkanes) is 18. The molecule has 0 saturated heterocycles. The molecule has 0 amide bonds. The minimum atomic E-state index is -4.63. The van der Waals surface area contributed by atoms with Gasteiger partial charge in [0.15, 0.2) is 6.10 Å². The lowest BCUT2D eigenvalue weighted by molar-refractivity contribution is -0.161. The van der Waals surface area contributed by atoms with Gasteiger partial charge in [0.25, 0.3) is 0 Å². The standard InChI is InChI=1S/C44H77O10P/c1-3-5-7-9-11-13-15-17-19-20-22-23-25-27-29-31-33-35-43(47)51-39-42(40-53-55(49,50)52-38-41(46)37-45)54-44(48)36-34-32-30-28-26-24-21-18-16-14-12-10-8-6-4-2/h6,8,10,12-16,18,21,41-42,45-46H,3-5,7,9,11,17,19-20,22-40H2,1-2H3,(H,49,50)/b8-6+,12-10+,15-13+,16-14+,21-18+/t41-,42+/m0/s1. The second-order valence-electron chi connectivity index (χ2n) is 14.1. The Labute approximate surface area is 334 Å². The summed E-state index contributed by atoms with van der Waals surface area (Å²) in [5.41, 5.74) is 0. The molecule has 0 spiro atoms. The van der Waals surface area contributed by atoms with Crippen LogP contribution in [0.2, 0.25) is 0 Å². The van der Waals surface area contributed by atoms with Crippen molar-refractivity contribution in [1.82, 2.24) is 0 Å². The van der Waals surface area contributed by atoms with Crippen molar-refractivity contribution >= 4 is 19.8 Å². The van der Waals surface area contributed by atoms with Crippen molar-refractivity contribution in [3.05, 3.63) is 60.8 Å². The summed E-state index contributed by atoms with van der Waals surface area (Å²) in [6.07, 6.45) is 43.2. The molecule has 0 aromatic heterocycles. The number of aliphatic hydroxyl groups is 2. The summed E-state index contributed by atoms with van der Waals surface area (Å²) in [5, 5.41) is 18.3. The van der Waals surface area contributed by atoms with E-state index in [0.29, 0.717) is 12.8 Å². The van der Waals surface area contributed by atoms with Crippen molar-refractivity contribution in [3.8, 4) is 0 Å². The fraction of sp³-hybridized carbons (Fsp3) is 0.727. The molecule has 10 nitrogen and oxygen atoms in total. The van der Waals surface area contributed by atoms with Crippen LogP contribution in [0.5, 0.6) is 0 Å². The molecule has 318 valence electrons. The van der Waals surface area contributed by atoms with Crippen LogP contribution in [-0.2, 0) is 32.7 Å². The van der Waals surface area contributed by atoms with Crippen LogP contribution in [0.3, 0.4) is 0 Å². The van der Waals surface area contributed by atoms with Gasteiger partial charge in [0, 0.05) is 12.8 Å². The highest BCUT2D eigenvalue weighted by molar-refractivity contribution is 7.47. The smallest absolute Gasteiger partial charge is 0.462 e. The van der Waals surface area contributed by atoms with Gasteiger partial charge in [-0.1, -0.05) is 158 Å². The van der Waals surface area contributed by atoms with Gasteiger partial charge in [-0.05, 0) is 57.8 Å². The van der Waals surface area contributed by atoms with Crippen molar-refractivity contribution in [1.29, 1.82) is 0 Å². The Bertz CT molecular complexity index is 1100. The van der Waals surface area contributed by atoms with E-state index >= 15 is 0 Å². The van der Waals surface area contributed by atoms with Crippen LogP contribution < -0.4 is 0 Å². The average Bonchev–Trinajstić information content (AvgIpc) is 3.17. The molecule has 0 heterocycles. The molecule has 0 saturated carbocycles. The van der Waals surface area contributed by atoms with E-state index in [0.717, 1.165) is 57.8 Å². The van der Waals surface area contributed by atoms with Crippen LogP contribution >= 0.6 is 7.82 Å². The van der Waals surface area contributed by atoms with Crippen LogP contribution in [0.15, 0.2) is 60.8 Å². The van der Waals surface area contributed by atoms with Gasteiger partial charge < -0.3 is 24.6 Å². The Morgan fingerprint density at radius 2 is 1.02 bits per heavy atom. The summed E-state index contributed by atoms with van der Waals surface area (Å²) in [4.78, 5) is 35.0. The Kier molecular flexibility index (Phi) is 38.2. The number of phosphoric ester groups is 1. The number of carbonyl (C=O) groups excluding carboxylic acids is 2. The van der Waals surface area contributed by atoms with Crippen LogP contribution in [0.4, 0.5) is 0 Å². The monoisotopic (exact) mass is 797 g/mol. The van der Waals surface area contributed by atoms with E-state index in [2.05, 4.69) is 42.7 Å². The lowest BCUT2D eigenvalue weighted by Crippen LogP contribution is -2.29. The highest BCUT2D eigenvalue weighted by Crippen LogP contribution is 2.43. The Morgan fingerprint density at radius 1 is 0.564 bits per heavy atom. The molecule has 11 heteroatoms. The van der Waals surface area contributed by atoms with Gasteiger partial charge in [-0.2, -0.15) is 0 Å². The quantitative estimate of drug-likeness (QED) is 0.0180. The maximum atomic E-state index is 12.6. The number of ether oxygens (including phenoxy) is 2. The number of hydrogen-bond donors (Lipinski definition) is 3. The largest absolute Gasteiger partial charge is 0.472 e. The van der Waals surface area contributed by atoms with Gasteiger partial charge >= 0.3 is 19.8 Å². The predicted octanol–water partition coefficient (Wildman–Crippen LogP) is 11.1. The molecule has 1 unspecified atom stereocenters. The number of rotatable bonds is 39. The van der Waals surface area contributed by atoms with E-state index < -0.39 is 51.8 Å². The average molecular weight is 797 g/mol. The molecule has 0 aliphatic rings. The van der Waals surface area contributed by atoms with E-state index in [4.69, 9.17) is 19.1 Å². The number of esters is 2. The summed E-state index contributed by atoms with van der Waals surface area (Å²) in [5.74, 6) is -0.957. The van der Waals surface area contributed by atoms with E-state index in [1.54, 1.807) is 0 Å². The third-order valence-corrected chi connectivity index (χ3v) is 9.70. The molecule has 0 bridgehead atoms. The van der Waals surface area contributed by atoms with Gasteiger partial charge in [-0.3, -0.25) is 18.6 Å². The van der Waals surface area contributed by atoms with Crippen molar-refractivity contribution in [2.75, 3.05) is 26.4 Å². The van der Waals surface area contributed by atoms with Gasteiger partial charge in [0.1, 0.15) is 12.7 Å². The highest BCUT2D eigenvalue weighted by atomic mass is 31.2. The number of hydrogen-bond acceptors (Lipinski definition) is 9. The maximum absolute atomic E-state index is 12.6. The minimum Gasteiger partial charge on any atom is -0.462 e. The van der Waals surface area contributed by atoms with Crippen molar-refractivity contribution in [2.24, 2.45) is 0 Å². The van der Waals surface area contributed by atoms with Gasteiger partial charge in [-0.25, -0.2) is 4.57 Å². The first-order chi connectivity index (χ1) is 26.7. The molecule has 0 aliphatic heterocycles. The molecule has 0 aliphatic carbocycles. The summed E-state index contributed by atoms with van der Waals surface area (Å²) >= 11 is 0. The van der Waals surface area contributed by atoms with Crippen molar-refractivity contribution in [2.45, 2.75) is 180 Å². The van der Waals surface area contributed by atoms with Gasteiger partial charge in [0.05, 0.1) is 19.8 Å². The first-order valence-electron chi connectivity index (χ1n) is 21.3. The van der Waals surface area contributed by atoms with Crippen molar-refractivity contribution < 1.29 is 47.8 Å². The van der Waals surface area contributed by atoms with Gasteiger partial charge in [-0.15, -0.1) is 0 Å². The minimum absolute atomic E-state index is 0.155. The molecule has 3 atom stereocenters. The number of carbonyl (C=O) groups is 2. The lowest BCUT2D eigenvalue weighted by Gasteiger charge is -2.20. The Hall–Kier alpha value is -2.33. The second-order valence-corrected chi connectivity index (χ2v) is 15.5. The van der Waals surface area contributed by atoms with Gasteiger partial charge in [0.2, 0.25) is 0 Å². The molecule has 0 radical (unpaired) electrons. The topological polar surface area (TPSA) is 149 Å². The Morgan fingerprint density at radius 3 is 1.56 bits per heavy atom. The fourth-order valence-electron chi connectivity index (χ4n) is 5.47. The lowest BCUT2D eigenvalue weighted by atomic mass is 10.1. The second kappa shape index (κ2) is 39.9. The molecule has 0 rings (SSSR count). The normalized spacial score (nSPS) is 14.5. The van der Waals surface area contributed by atoms with E-state index in [9.17, 15) is 24.2 Å². The molecule has 55 heavy (non-hydrogen) atoms. The SMILES string of the molecule is CC/C=C/C=C/C=C/C=C/CCCCCCCC(=O)O[C@H](COC(=O)CCCCCCCCCCC/C=C/CCCCCC)COP(=O)(O)OC[C@@H](O)CO. The zero-order valence-electron chi connectivity index (χ0n) is 34.4. The third kappa shape index (κ3) is 39.7. The predicted molar refractivity (Wildman–Crippen MR) is 224 cm³/mol. The summed E-state index contributed by atoms with van der Waals surface area (Å²) in [6.45, 7) is 2.19. The van der Waals surface area contributed by atoms with E-state index in [1.807, 2.05) is 36.5 Å². The summed E-state index contributed by atoms with van der Waals surface area (Å²) in [7, 11) is -4.63. The van der Waals surface area contributed by atoms with Crippen LogP contribution in [0, 0.1) is 0 Å². The van der Waals surface area contributed by atoms with Crippen LogP contribution in [0.25, 0.3) is 0 Å². The maximum Gasteiger partial charge on any atom is 0.472 e. The molecule has 0 aromatic rings. The van der Waals surface area contributed by atoms with E-state index in [-0.39, 0.29) is 19.4 Å². The van der Waals surface area contributed by atoms with Crippen molar-refractivity contribution in [3.63, 3.8) is 0 Å². The molecule has 0 fully saturated rings. The number of allylic oxidation sites excluding steroid dienone is 10. The molecular formula is C44H77O10P. The third-order valence-electron chi connectivity index (χ3n) is 8.75. The number of phosphoric acid groups is 1. The van der Waals surface area contributed by atoms with Crippen LogP contribution in [-0.4, -0.2) is 65.7 Å². The number of aliphatic hydroxyl groups excluding tert-OH is 2. The summed E-state index contributed by atoms with van der Waals surface area (Å²) in [6, 6.07) is 0. The zero-order valence-corrected chi connectivity index (χ0v) is 35.3. The molecule has 3 N–H and O–H groups in total. The first kappa shape index (κ1) is 52.7.